The largest absolute Gasteiger partial charge is 0.373 e. The summed E-state index contributed by atoms with van der Waals surface area (Å²) in [6.07, 6.45) is 1.21. The Hall–Kier alpha value is -1.74. The summed E-state index contributed by atoms with van der Waals surface area (Å²) in [6.45, 7) is 3.95. The molecule has 3 heteroatoms. The molecule has 0 N–H and O–H groups in total. The van der Waals surface area contributed by atoms with E-state index in [0.717, 1.165) is 10.9 Å². The highest BCUT2D eigenvalue weighted by Gasteiger charge is 2.23. The summed E-state index contributed by atoms with van der Waals surface area (Å²) in [5.41, 5.74) is 1.50. The van der Waals surface area contributed by atoms with Crippen LogP contribution in [0.4, 0.5) is 0 Å². The molecule has 0 fully saturated rings. The number of methoxy groups -OCH3 is 1. The van der Waals surface area contributed by atoms with E-state index in [0.29, 0.717) is 5.56 Å². The Morgan fingerprint density at radius 3 is 2.67 bits per heavy atom. The van der Waals surface area contributed by atoms with Gasteiger partial charge in [0.2, 0.25) is 0 Å². The third-order valence-corrected chi connectivity index (χ3v) is 2.99. The van der Waals surface area contributed by atoms with E-state index < -0.39 is 6.10 Å². The highest BCUT2D eigenvalue weighted by molar-refractivity contribution is 6.01. The highest BCUT2D eigenvalue weighted by atomic mass is 16.5. The molecule has 0 saturated carbocycles. The zero-order valence-electron chi connectivity index (χ0n) is 10.9. The zero-order valence-corrected chi connectivity index (χ0v) is 10.9. The van der Waals surface area contributed by atoms with E-state index in [1.54, 1.807) is 13.3 Å². The summed E-state index contributed by atoms with van der Waals surface area (Å²) in [5.74, 6) is 0.139. The van der Waals surface area contributed by atoms with Crippen LogP contribution in [0.2, 0.25) is 0 Å². The van der Waals surface area contributed by atoms with Crippen molar-refractivity contribution in [3.8, 4) is 0 Å². The molecular formula is C15H17NO2. The van der Waals surface area contributed by atoms with Crippen LogP contribution in [0.1, 0.15) is 24.2 Å². The maximum atomic E-state index is 12.3. The lowest BCUT2D eigenvalue weighted by Crippen LogP contribution is -2.28. The van der Waals surface area contributed by atoms with Crippen molar-refractivity contribution in [3.63, 3.8) is 0 Å². The Bertz CT molecular complexity index is 563. The first-order chi connectivity index (χ1) is 8.63. The van der Waals surface area contributed by atoms with Gasteiger partial charge in [-0.2, -0.15) is 0 Å². The number of benzene rings is 1. The molecule has 3 nitrogen and oxygen atoms in total. The number of para-hydroxylation sites is 1. The molecule has 1 unspecified atom stereocenters. The van der Waals surface area contributed by atoms with Gasteiger partial charge in [0.05, 0.1) is 5.52 Å². The number of ketones is 1. The number of ether oxygens (including phenoxy) is 1. The highest BCUT2D eigenvalue weighted by Crippen LogP contribution is 2.17. The number of nitrogens with zero attached hydrogens (tertiary/aromatic N) is 1. The van der Waals surface area contributed by atoms with Gasteiger partial charge in [-0.25, -0.2) is 0 Å². The molecule has 1 aromatic heterocycles. The monoisotopic (exact) mass is 243 g/mol. The van der Waals surface area contributed by atoms with Crippen molar-refractivity contribution in [1.29, 1.82) is 0 Å². The van der Waals surface area contributed by atoms with E-state index in [1.807, 2.05) is 44.2 Å². The van der Waals surface area contributed by atoms with Gasteiger partial charge in [0.1, 0.15) is 6.10 Å². The van der Waals surface area contributed by atoms with Gasteiger partial charge in [-0.1, -0.05) is 32.0 Å². The van der Waals surface area contributed by atoms with Gasteiger partial charge in [-0.3, -0.25) is 9.78 Å². The van der Waals surface area contributed by atoms with Gasteiger partial charge in [-0.15, -0.1) is 0 Å². The summed E-state index contributed by atoms with van der Waals surface area (Å²) in [6, 6.07) is 9.63. The first-order valence-corrected chi connectivity index (χ1v) is 6.05. The Morgan fingerprint density at radius 2 is 2.00 bits per heavy atom. The van der Waals surface area contributed by atoms with Crippen molar-refractivity contribution >= 4 is 16.7 Å². The number of carbonyl (C=O) groups is 1. The summed E-state index contributed by atoms with van der Waals surface area (Å²) in [4.78, 5) is 16.6. The molecular weight excluding hydrogens is 226 g/mol. The standard InChI is InChI=1S/C15H17NO2/c1-10(2)15(18-3)14(17)12-8-11-6-4-5-7-13(11)16-9-12/h4-10,15H,1-3H3. The minimum atomic E-state index is -0.409. The molecule has 0 spiro atoms. The number of carbonyl (C=O) groups excluding carboxylic acids is 1. The molecule has 0 aliphatic carbocycles. The molecule has 0 amide bonds. The number of rotatable bonds is 4. The number of hydrogen-bond donors (Lipinski definition) is 0. The second-order valence-corrected chi connectivity index (χ2v) is 4.68. The molecule has 0 aliphatic rings. The second-order valence-electron chi connectivity index (χ2n) is 4.68. The van der Waals surface area contributed by atoms with Crippen LogP contribution in [-0.2, 0) is 4.74 Å². The van der Waals surface area contributed by atoms with Crippen LogP contribution in [-0.4, -0.2) is 24.0 Å². The first kappa shape index (κ1) is 12.7. The Morgan fingerprint density at radius 1 is 1.28 bits per heavy atom. The normalized spacial score (nSPS) is 12.9. The van der Waals surface area contributed by atoms with Crippen molar-refractivity contribution in [2.45, 2.75) is 20.0 Å². The van der Waals surface area contributed by atoms with Crippen LogP contribution in [0.25, 0.3) is 10.9 Å². The fourth-order valence-corrected chi connectivity index (χ4v) is 2.05. The molecule has 1 atom stereocenters. The molecule has 2 rings (SSSR count). The van der Waals surface area contributed by atoms with Crippen LogP contribution < -0.4 is 0 Å². The van der Waals surface area contributed by atoms with Crippen LogP contribution >= 0.6 is 0 Å². The van der Waals surface area contributed by atoms with Crippen LogP contribution in [0, 0.1) is 5.92 Å². The molecule has 18 heavy (non-hydrogen) atoms. The molecule has 0 aliphatic heterocycles. The van der Waals surface area contributed by atoms with Crippen molar-refractivity contribution in [1.82, 2.24) is 4.98 Å². The third kappa shape index (κ3) is 2.41. The smallest absolute Gasteiger partial charge is 0.193 e. The van der Waals surface area contributed by atoms with E-state index in [9.17, 15) is 4.79 Å². The number of aromatic nitrogens is 1. The molecule has 0 bridgehead atoms. The van der Waals surface area contributed by atoms with Gasteiger partial charge in [0.25, 0.3) is 0 Å². The Labute approximate surface area is 107 Å². The first-order valence-electron chi connectivity index (χ1n) is 6.05. The van der Waals surface area contributed by atoms with Crippen LogP contribution in [0.15, 0.2) is 36.5 Å². The predicted molar refractivity (Wildman–Crippen MR) is 71.7 cm³/mol. The maximum Gasteiger partial charge on any atom is 0.193 e. The zero-order chi connectivity index (χ0) is 13.1. The van der Waals surface area contributed by atoms with E-state index in [4.69, 9.17) is 4.74 Å². The van der Waals surface area contributed by atoms with Gasteiger partial charge < -0.3 is 4.74 Å². The average molecular weight is 243 g/mol. The summed E-state index contributed by atoms with van der Waals surface area (Å²) >= 11 is 0. The maximum absolute atomic E-state index is 12.3. The van der Waals surface area contributed by atoms with E-state index in [1.165, 1.54) is 0 Å². The van der Waals surface area contributed by atoms with E-state index >= 15 is 0 Å². The van der Waals surface area contributed by atoms with Gasteiger partial charge >= 0.3 is 0 Å². The van der Waals surface area contributed by atoms with Crippen molar-refractivity contribution in [2.24, 2.45) is 5.92 Å². The number of pyridine rings is 1. The van der Waals surface area contributed by atoms with Gasteiger partial charge in [0.15, 0.2) is 5.78 Å². The molecule has 1 heterocycles. The average Bonchev–Trinajstić information content (AvgIpc) is 2.38. The fraction of sp³-hybridized carbons (Fsp3) is 0.333. The quantitative estimate of drug-likeness (QED) is 0.775. The Kier molecular flexibility index (Phi) is 3.72. The number of Topliss-reactive ketones (excluding diaryl/α,β-unsaturated/α-hetero) is 1. The van der Waals surface area contributed by atoms with Crippen molar-refractivity contribution < 1.29 is 9.53 Å². The summed E-state index contributed by atoms with van der Waals surface area (Å²) in [7, 11) is 1.57. The second kappa shape index (κ2) is 5.27. The third-order valence-electron chi connectivity index (χ3n) is 2.99. The lowest BCUT2D eigenvalue weighted by atomic mass is 9.98. The van der Waals surface area contributed by atoms with Gasteiger partial charge in [-0.05, 0) is 18.1 Å². The van der Waals surface area contributed by atoms with Crippen molar-refractivity contribution in [3.05, 3.63) is 42.1 Å². The molecule has 1 aromatic carbocycles. The molecule has 2 aromatic rings. The fourth-order valence-electron chi connectivity index (χ4n) is 2.05. The molecule has 0 saturated heterocycles. The van der Waals surface area contributed by atoms with E-state index in [-0.39, 0.29) is 11.7 Å². The minimum Gasteiger partial charge on any atom is -0.373 e. The summed E-state index contributed by atoms with van der Waals surface area (Å²) < 4.78 is 5.26. The molecule has 0 radical (unpaired) electrons. The van der Waals surface area contributed by atoms with Crippen LogP contribution in [0.5, 0.6) is 0 Å². The van der Waals surface area contributed by atoms with E-state index in [2.05, 4.69) is 4.98 Å². The van der Waals surface area contributed by atoms with Crippen LogP contribution in [0.3, 0.4) is 0 Å². The summed E-state index contributed by atoms with van der Waals surface area (Å²) in [5, 5.41) is 0.974. The number of hydrogen-bond acceptors (Lipinski definition) is 3. The Balaban J connectivity index is 2.38. The molecule has 94 valence electrons. The topological polar surface area (TPSA) is 39.2 Å². The lowest BCUT2D eigenvalue weighted by Gasteiger charge is -2.17. The SMILES string of the molecule is COC(C(=O)c1cnc2ccccc2c1)C(C)C. The number of fused-ring (bicyclic) bond motifs is 1. The van der Waals surface area contributed by atoms with Gasteiger partial charge in [0, 0.05) is 24.3 Å². The minimum absolute atomic E-state index is 0.00856. The predicted octanol–water partition coefficient (Wildman–Crippen LogP) is 3.09. The lowest BCUT2D eigenvalue weighted by molar-refractivity contribution is 0.0458. The van der Waals surface area contributed by atoms with Crippen molar-refractivity contribution in [2.75, 3.05) is 7.11 Å².